The normalized spacial score (nSPS) is 32.5. The highest BCUT2D eigenvalue weighted by Gasteiger charge is 2.59. The summed E-state index contributed by atoms with van der Waals surface area (Å²) in [5.41, 5.74) is -0.989. The number of hydrogen-bond donors (Lipinski definition) is 2. The second-order valence-electron chi connectivity index (χ2n) is 7.54. The van der Waals surface area contributed by atoms with Crippen LogP contribution in [0.25, 0.3) is 0 Å². The van der Waals surface area contributed by atoms with Gasteiger partial charge in [0.1, 0.15) is 5.54 Å². The van der Waals surface area contributed by atoms with Crippen molar-refractivity contribution in [1.29, 1.82) is 0 Å². The van der Waals surface area contributed by atoms with E-state index in [0.29, 0.717) is 6.04 Å². The average molecular weight is 319 g/mol. The lowest BCUT2D eigenvalue weighted by Gasteiger charge is -2.58. The first-order valence-corrected chi connectivity index (χ1v) is 8.02. The summed E-state index contributed by atoms with van der Waals surface area (Å²) >= 11 is 0. The molecular formula is C16H31ClN2O2. The van der Waals surface area contributed by atoms with Crippen molar-refractivity contribution >= 4 is 18.4 Å². The van der Waals surface area contributed by atoms with Crippen LogP contribution in [0.1, 0.15) is 53.4 Å². The van der Waals surface area contributed by atoms with Gasteiger partial charge in [0.15, 0.2) is 0 Å². The maximum absolute atomic E-state index is 12.3. The average Bonchev–Trinajstić information content (AvgIpc) is 2.37. The Hall–Kier alpha value is -0.320. The lowest BCUT2D eigenvalue weighted by atomic mass is 9.62. The summed E-state index contributed by atoms with van der Waals surface area (Å²) in [5, 5.41) is 13.5. The fourth-order valence-corrected chi connectivity index (χ4v) is 4.65. The highest BCUT2D eigenvalue weighted by Crippen LogP contribution is 2.48. The number of rotatable bonds is 2. The van der Waals surface area contributed by atoms with Crippen LogP contribution in [0.4, 0.5) is 0 Å². The van der Waals surface area contributed by atoms with Gasteiger partial charge in [-0.3, -0.25) is 9.69 Å². The van der Waals surface area contributed by atoms with E-state index in [1.165, 1.54) is 0 Å². The number of aliphatic carboxylic acids is 1. The van der Waals surface area contributed by atoms with Crippen LogP contribution in [0, 0.1) is 11.3 Å². The van der Waals surface area contributed by atoms with Crippen LogP contribution in [0.3, 0.4) is 0 Å². The van der Waals surface area contributed by atoms with Gasteiger partial charge in [-0.05, 0) is 56.7 Å². The van der Waals surface area contributed by atoms with Gasteiger partial charge in [0.05, 0.1) is 0 Å². The van der Waals surface area contributed by atoms with Crippen LogP contribution < -0.4 is 5.32 Å². The molecule has 0 aromatic rings. The summed E-state index contributed by atoms with van der Waals surface area (Å²) in [6.45, 7) is 11.4. The van der Waals surface area contributed by atoms with Gasteiger partial charge in [-0.1, -0.05) is 27.7 Å². The first-order valence-electron chi connectivity index (χ1n) is 8.02. The second kappa shape index (κ2) is 6.84. The topological polar surface area (TPSA) is 52.6 Å². The predicted octanol–water partition coefficient (Wildman–Crippen LogP) is 2.76. The molecule has 0 spiro atoms. The fraction of sp³-hybridized carbons (Fsp3) is 0.938. The smallest absolute Gasteiger partial charge is 0.324 e. The molecular weight excluding hydrogens is 288 g/mol. The van der Waals surface area contributed by atoms with Crippen molar-refractivity contribution in [1.82, 2.24) is 10.2 Å². The van der Waals surface area contributed by atoms with E-state index in [0.717, 1.165) is 45.3 Å². The van der Waals surface area contributed by atoms with Gasteiger partial charge in [0.2, 0.25) is 0 Å². The second-order valence-corrected chi connectivity index (χ2v) is 7.54. The molecule has 4 nitrogen and oxygen atoms in total. The molecule has 0 aliphatic carbocycles. The van der Waals surface area contributed by atoms with Crippen molar-refractivity contribution in [3.05, 3.63) is 0 Å². The highest BCUT2D eigenvalue weighted by molar-refractivity contribution is 5.85. The molecule has 124 valence electrons. The van der Waals surface area contributed by atoms with Gasteiger partial charge in [-0.2, -0.15) is 0 Å². The van der Waals surface area contributed by atoms with Gasteiger partial charge in [0, 0.05) is 6.04 Å². The van der Waals surface area contributed by atoms with Crippen molar-refractivity contribution in [3.8, 4) is 0 Å². The Morgan fingerprint density at radius 2 is 1.81 bits per heavy atom. The van der Waals surface area contributed by atoms with Crippen molar-refractivity contribution in [2.45, 2.75) is 65.0 Å². The Kier molecular flexibility index (Phi) is 6.10. The third-order valence-electron chi connectivity index (χ3n) is 5.42. The number of nitrogens with one attached hydrogen (secondary N) is 1. The van der Waals surface area contributed by atoms with E-state index >= 15 is 0 Å². The van der Waals surface area contributed by atoms with Crippen LogP contribution in [0.15, 0.2) is 0 Å². The molecule has 2 heterocycles. The summed E-state index contributed by atoms with van der Waals surface area (Å²) in [6, 6.07) is 0.411. The van der Waals surface area contributed by atoms with Crippen LogP contribution in [-0.4, -0.2) is 47.2 Å². The number of nitrogens with zero attached hydrogens (tertiary/aromatic N) is 1. The molecule has 0 bridgehead atoms. The Morgan fingerprint density at radius 1 is 1.24 bits per heavy atom. The molecule has 0 amide bonds. The Bertz CT molecular complexity index is 364. The molecule has 2 atom stereocenters. The number of carboxylic acids is 1. The number of piperidine rings is 2. The molecule has 0 saturated carbocycles. The third kappa shape index (κ3) is 3.08. The minimum atomic E-state index is -0.729. The minimum absolute atomic E-state index is 0. The molecule has 2 saturated heterocycles. The van der Waals surface area contributed by atoms with E-state index in [-0.39, 0.29) is 23.7 Å². The van der Waals surface area contributed by atoms with Crippen molar-refractivity contribution in [2.75, 3.05) is 19.6 Å². The zero-order chi connectivity index (χ0) is 15.0. The van der Waals surface area contributed by atoms with Crippen molar-refractivity contribution < 1.29 is 9.90 Å². The molecule has 5 heteroatoms. The third-order valence-corrected chi connectivity index (χ3v) is 5.42. The molecule has 0 aromatic heterocycles. The molecule has 21 heavy (non-hydrogen) atoms. The van der Waals surface area contributed by atoms with Gasteiger partial charge >= 0.3 is 5.97 Å². The van der Waals surface area contributed by atoms with E-state index in [9.17, 15) is 9.90 Å². The first-order chi connectivity index (χ1) is 9.31. The standard InChI is InChI=1S/C16H30N2O2.ClH/c1-12-6-5-11-18(13-7-9-17-10-8-13)16(12,14(19)20)15(2,3)4;/h12-13,17H,5-11H2,1-4H3,(H,19,20);1H/t12-,16?;/m1./s1. The van der Waals surface area contributed by atoms with Crippen LogP contribution in [0.2, 0.25) is 0 Å². The summed E-state index contributed by atoms with van der Waals surface area (Å²) in [7, 11) is 0. The highest BCUT2D eigenvalue weighted by atomic mass is 35.5. The Morgan fingerprint density at radius 3 is 2.29 bits per heavy atom. The van der Waals surface area contributed by atoms with Crippen LogP contribution in [0.5, 0.6) is 0 Å². The van der Waals surface area contributed by atoms with Gasteiger partial charge in [-0.25, -0.2) is 0 Å². The minimum Gasteiger partial charge on any atom is -0.480 e. The maximum atomic E-state index is 12.3. The molecule has 2 aliphatic heterocycles. The van der Waals surface area contributed by atoms with Crippen LogP contribution in [-0.2, 0) is 4.79 Å². The zero-order valence-corrected chi connectivity index (χ0v) is 14.6. The van der Waals surface area contributed by atoms with Gasteiger partial charge in [0.25, 0.3) is 0 Å². The molecule has 1 unspecified atom stereocenters. The van der Waals surface area contributed by atoms with Gasteiger partial charge in [-0.15, -0.1) is 12.4 Å². The number of carbonyl (C=O) groups is 1. The quantitative estimate of drug-likeness (QED) is 0.822. The number of halogens is 1. The Balaban J connectivity index is 0.00000220. The maximum Gasteiger partial charge on any atom is 0.324 e. The van der Waals surface area contributed by atoms with Crippen LogP contribution >= 0.6 is 12.4 Å². The summed E-state index contributed by atoms with van der Waals surface area (Å²) < 4.78 is 0. The summed E-state index contributed by atoms with van der Waals surface area (Å²) in [5.74, 6) is -0.431. The van der Waals surface area contributed by atoms with E-state index in [1.807, 2.05) is 0 Å². The Labute approximate surface area is 135 Å². The summed E-state index contributed by atoms with van der Waals surface area (Å²) in [4.78, 5) is 14.7. The first kappa shape index (κ1) is 18.7. The predicted molar refractivity (Wildman–Crippen MR) is 88.1 cm³/mol. The van der Waals surface area contributed by atoms with E-state index in [2.05, 4.69) is 37.9 Å². The zero-order valence-electron chi connectivity index (χ0n) is 13.8. The molecule has 2 aliphatic rings. The summed E-state index contributed by atoms with van der Waals surface area (Å²) in [6.07, 6.45) is 4.27. The molecule has 0 radical (unpaired) electrons. The largest absolute Gasteiger partial charge is 0.480 e. The monoisotopic (exact) mass is 318 g/mol. The van der Waals surface area contributed by atoms with Crippen molar-refractivity contribution in [2.24, 2.45) is 11.3 Å². The SMILES string of the molecule is C[C@@H]1CCCN(C2CCNCC2)C1(C(=O)O)C(C)(C)C.Cl. The number of likely N-dealkylation sites (tertiary alicyclic amines) is 1. The van der Waals surface area contributed by atoms with Crippen molar-refractivity contribution in [3.63, 3.8) is 0 Å². The fourth-order valence-electron chi connectivity index (χ4n) is 4.65. The lowest BCUT2D eigenvalue weighted by molar-refractivity contribution is -0.178. The number of hydrogen-bond acceptors (Lipinski definition) is 3. The van der Waals surface area contributed by atoms with E-state index < -0.39 is 11.5 Å². The molecule has 0 aromatic carbocycles. The number of carboxylic acid groups (broad SMARTS) is 1. The lowest BCUT2D eigenvalue weighted by Crippen LogP contribution is -2.71. The molecule has 2 rings (SSSR count). The van der Waals surface area contributed by atoms with E-state index in [4.69, 9.17) is 0 Å². The molecule has 2 N–H and O–H groups in total. The molecule has 2 fully saturated rings. The van der Waals surface area contributed by atoms with Gasteiger partial charge < -0.3 is 10.4 Å². The van der Waals surface area contributed by atoms with E-state index in [1.54, 1.807) is 0 Å².